The monoisotopic (exact) mass is 293 g/mol. The van der Waals surface area contributed by atoms with Crippen LogP contribution in [0.2, 0.25) is 0 Å². The summed E-state index contributed by atoms with van der Waals surface area (Å²) >= 11 is 5.34. The molecular formula is C14H19N3O2S. The molecule has 2 aromatic rings. The smallest absolute Gasteiger partial charge is 0.242 e. The molecule has 0 saturated carbocycles. The zero-order chi connectivity index (χ0) is 14.7. The Kier molecular flexibility index (Phi) is 4.44. The molecule has 5 nitrogen and oxygen atoms in total. The molecule has 20 heavy (non-hydrogen) atoms. The molecule has 0 aliphatic rings. The Morgan fingerprint density at radius 2 is 2.30 bits per heavy atom. The third kappa shape index (κ3) is 2.56. The van der Waals surface area contributed by atoms with Gasteiger partial charge in [0.1, 0.15) is 17.3 Å². The summed E-state index contributed by atoms with van der Waals surface area (Å²) in [6, 6.07) is 5.36. The van der Waals surface area contributed by atoms with E-state index in [4.69, 9.17) is 17.0 Å². The van der Waals surface area contributed by atoms with Gasteiger partial charge in [-0.15, -0.1) is 0 Å². The lowest BCUT2D eigenvalue weighted by atomic mass is 10.2. The number of aromatic amines is 1. The van der Waals surface area contributed by atoms with Crippen molar-refractivity contribution >= 4 is 29.2 Å². The van der Waals surface area contributed by atoms with Crippen LogP contribution in [0.1, 0.15) is 26.3 Å². The van der Waals surface area contributed by atoms with Crippen molar-refractivity contribution in [3.05, 3.63) is 23.0 Å². The Morgan fingerprint density at radius 1 is 1.55 bits per heavy atom. The van der Waals surface area contributed by atoms with Gasteiger partial charge in [-0.05, 0) is 37.7 Å². The zero-order valence-electron chi connectivity index (χ0n) is 11.9. The molecule has 1 atom stereocenters. The van der Waals surface area contributed by atoms with Crippen LogP contribution in [-0.4, -0.2) is 29.1 Å². The van der Waals surface area contributed by atoms with Crippen LogP contribution in [0.25, 0.3) is 11.0 Å². The number of fused-ring (bicyclic) bond motifs is 1. The normalized spacial score (nSPS) is 12.3. The number of H-pyrrole nitrogens is 1. The number of carbonyl (C=O) groups is 1. The molecule has 6 heteroatoms. The predicted molar refractivity (Wildman–Crippen MR) is 81.7 cm³/mol. The first kappa shape index (κ1) is 14.6. The summed E-state index contributed by atoms with van der Waals surface area (Å²) in [4.78, 5) is 15.0. The Balaban J connectivity index is 2.55. The standard InChI is InChI=1S/C14H19N3O2S/c1-4-8-19-11-7-5-6-10-12(11)16-14(20)17(10)9(2)13(18)15-3/h5-7,9H,4,8H2,1-3H3,(H,15,18)(H,16,20). The molecule has 1 amide bonds. The van der Waals surface area contributed by atoms with Gasteiger partial charge >= 0.3 is 0 Å². The van der Waals surface area contributed by atoms with Crippen LogP contribution < -0.4 is 10.1 Å². The molecule has 0 radical (unpaired) electrons. The summed E-state index contributed by atoms with van der Waals surface area (Å²) in [7, 11) is 1.62. The van der Waals surface area contributed by atoms with Crippen LogP contribution >= 0.6 is 12.2 Å². The van der Waals surface area contributed by atoms with Gasteiger partial charge in [0.2, 0.25) is 5.91 Å². The number of para-hydroxylation sites is 1. The number of nitrogens with zero attached hydrogens (tertiary/aromatic N) is 1. The van der Waals surface area contributed by atoms with Gasteiger partial charge in [0, 0.05) is 7.05 Å². The Labute approximate surface area is 122 Å². The fourth-order valence-electron chi connectivity index (χ4n) is 2.17. The number of carbonyl (C=O) groups excluding carboxylic acids is 1. The molecule has 0 saturated heterocycles. The van der Waals surface area contributed by atoms with Crippen molar-refractivity contribution in [2.75, 3.05) is 13.7 Å². The van der Waals surface area contributed by atoms with Gasteiger partial charge in [-0.2, -0.15) is 0 Å². The van der Waals surface area contributed by atoms with E-state index in [1.807, 2.05) is 29.7 Å². The number of nitrogens with one attached hydrogen (secondary N) is 2. The van der Waals surface area contributed by atoms with E-state index >= 15 is 0 Å². The molecule has 0 spiro atoms. The van der Waals surface area contributed by atoms with Gasteiger partial charge in [0.05, 0.1) is 12.1 Å². The van der Waals surface area contributed by atoms with Crippen LogP contribution in [0.5, 0.6) is 5.75 Å². The second kappa shape index (κ2) is 6.09. The number of amides is 1. The number of likely N-dealkylation sites (N-methyl/N-ethyl adjacent to an activating group) is 1. The lowest BCUT2D eigenvalue weighted by molar-refractivity contribution is -0.123. The number of hydrogen-bond acceptors (Lipinski definition) is 3. The summed E-state index contributed by atoms with van der Waals surface area (Å²) in [6.45, 7) is 4.53. The second-order valence-electron chi connectivity index (χ2n) is 4.59. The highest BCUT2D eigenvalue weighted by atomic mass is 32.1. The van der Waals surface area contributed by atoms with Crippen molar-refractivity contribution in [2.24, 2.45) is 0 Å². The van der Waals surface area contributed by atoms with E-state index in [0.29, 0.717) is 11.4 Å². The molecule has 2 N–H and O–H groups in total. The minimum absolute atomic E-state index is 0.0816. The first-order valence-corrected chi connectivity index (χ1v) is 7.08. The first-order chi connectivity index (χ1) is 9.60. The number of aromatic nitrogens is 2. The summed E-state index contributed by atoms with van der Waals surface area (Å²) in [6.07, 6.45) is 0.937. The Morgan fingerprint density at radius 3 is 2.95 bits per heavy atom. The molecule has 2 rings (SSSR count). The number of rotatable bonds is 5. The summed E-state index contributed by atoms with van der Waals surface area (Å²) in [5.74, 6) is 0.681. The van der Waals surface area contributed by atoms with Crippen molar-refractivity contribution in [3.63, 3.8) is 0 Å². The van der Waals surface area contributed by atoms with Crippen LogP contribution in [0.3, 0.4) is 0 Å². The molecule has 0 aliphatic carbocycles. The van der Waals surface area contributed by atoms with E-state index in [-0.39, 0.29) is 11.9 Å². The molecule has 0 bridgehead atoms. The quantitative estimate of drug-likeness (QED) is 0.833. The molecule has 0 fully saturated rings. The molecule has 1 unspecified atom stereocenters. The molecule has 1 aromatic carbocycles. The second-order valence-corrected chi connectivity index (χ2v) is 4.98. The maximum atomic E-state index is 11.8. The minimum atomic E-state index is -0.373. The van der Waals surface area contributed by atoms with E-state index < -0.39 is 0 Å². The van der Waals surface area contributed by atoms with Crippen molar-refractivity contribution in [2.45, 2.75) is 26.3 Å². The predicted octanol–water partition coefficient (Wildman–Crippen LogP) is 2.79. The van der Waals surface area contributed by atoms with Gasteiger partial charge in [-0.25, -0.2) is 0 Å². The van der Waals surface area contributed by atoms with Gasteiger partial charge in [-0.3, -0.25) is 4.79 Å². The van der Waals surface area contributed by atoms with Crippen molar-refractivity contribution < 1.29 is 9.53 Å². The lowest BCUT2D eigenvalue weighted by Gasteiger charge is -2.13. The molecule has 108 valence electrons. The summed E-state index contributed by atoms with van der Waals surface area (Å²) < 4.78 is 8.04. The van der Waals surface area contributed by atoms with E-state index in [1.165, 1.54) is 0 Å². The van der Waals surface area contributed by atoms with E-state index in [0.717, 1.165) is 23.2 Å². The number of hydrogen-bond donors (Lipinski definition) is 2. The third-order valence-corrected chi connectivity index (χ3v) is 3.49. The van der Waals surface area contributed by atoms with Gasteiger partial charge in [-0.1, -0.05) is 13.0 Å². The maximum Gasteiger partial charge on any atom is 0.242 e. The van der Waals surface area contributed by atoms with Crippen molar-refractivity contribution in [3.8, 4) is 5.75 Å². The van der Waals surface area contributed by atoms with Crippen LogP contribution in [0, 0.1) is 4.77 Å². The Bertz CT molecular complexity index is 675. The van der Waals surface area contributed by atoms with Gasteiger partial charge in [0.25, 0.3) is 0 Å². The fourth-order valence-corrected chi connectivity index (χ4v) is 2.52. The minimum Gasteiger partial charge on any atom is -0.491 e. The topological polar surface area (TPSA) is 59.0 Å². The largest absolute Gasteiger partial charge is 0.491 e. The highest BCUT2D eigenvalue weighted by Crippen LogP contribution is 2.27. The number of ether oxygens (including phenoxy) is 1. The summed E-state index contributed by atoms with van der Waals surface area (Å²) in [5.41, 5.74) is 1.71. The highest BCUT2D eigenvalue weighted by Gasteiger charge is 2.18. The van der Waals surface area contributed by atoms with Crippen molar-refractivity contribution in [1.82, 2.24) is 14.9 Å². The Hall–Kier alpha value is -1.82. The number of imidazole rings is 1. The van der Waals surface area contributed by atoms with E-state index in [2.05, 4.69) is 17.2 Å². The average Bonchev–Trinajstić information content (AvgIpc) is 2.79. The lowest BCUT2D eigenvalue weighted by Crippen LogP contribution is -2.27. The van der Waals surface area contributed by atoms with Gasteiger partial charge < -0.3 is 19.6 Å². The molecule has 1 heterocycles. The molecule has 0 aliphatic heterocycles. The van der Waals surface area contributed by atoms with Crippen molar-refractivity contribution in [1.29, 1.82) is 0 Å². The number of benzene rings is 1. The van der Waals surface area contributed by atoms with E-state index in [1.54, 1.807) is 7.05 Å². The van der Waals surface area contributed by atoms with Crippen LogP contribution in [0.4, 0.5) is 0 Å². The molecule has 1 aromatic heterocycles. The van der Waals surface area contributed by atoms with Crippen LogP contribution in [0.15, 0.2) is 18.2 Å². The third-order valence-electron chi connectivity index (χ3n) is 3.19. The summed E-state index contributed by atoms with van der Waals surface area (Å²) in [5, 5.41) is 2.64. The average molecular weight is 293 g/mol. The maximum absolute atomic E-state index is 11.8. The zero-order valence-corrected chi connectivity index (χ0v) is 12.7. The van der Waals surface area contributed by atoms with Crippen LogP contribution in [-0.2, 0) is 4.79 Å². The fraction of sp³-hybridized carbons (Fsp3) is 0.429. The molecular weight excluding hydrogens is 274 g/mol. The SMILES string of the molecule is CCCOc1cccc2c1[nH]c(=S)n2C(C)C(=O)NC. The first-order valence-electron chi connectivity index (χ1n) is 6.67. The highest BCUT2D eigenvalue weighted by molar-refractivity contribution is 7.71. The van der Waals surface area contributed by atoms with Gasteiger partial charge in [0.15, 0.2) is 4.77 Å². The van der Waals surface area contributed by atoms with E-state index in [9.17, 15) is 4.79 Å².